The van der Waals surface area contributed by atoms with Gasteiger partial charge < -0.3 is 15.3 Å². The summed E-state index contributed by atoms with van der Waals surface area (Å²) in [5.74, 6) is -5.21. The number of halogens is 3. The molecule has 0 saturated carbocycles. The minimum Gasteiger partial charge on any atom is -0.481 e. The molecule has 1 aliphatic heterocycles. The summed E-state index contributed by atoms with van der Waals surface area (Å²) in [6.07, 6.45) is -2.61. The van der Waals surface area contributed by atoms with Gasteiger partial charge in [-0.15, -0.1) is 0 Å². The van der Waals surface area contributed by atoms with Gasteiger partial charge in [0.05, 0.1) is 11.8 Å². The zero-order valence-electron chi connectivity index (χ0n) is 12.1. The number of carboxylic acid groups (broad SMARTS) is 1. The molecule has 2 amide bonds. The van der Waals surface area contributed by atoms with Crippen molar-refractivity contribution in [2.75, 3.05) is 19.6 Å². The topological polar surface area (TPSA) is 82.5 Å². The quantitative estimate of drug-likeness (QED) is 0.876. The van der Waals surface area contributed by atoms with E-state index in [1.54, 1.807) is 24.4 Å². The SMILES string of the molecule is O=C(O)[C@@H]1CN(C(=O)NCCc2ccccn2)C[C@H]1C(F)(F)F. The molecule has 1 aromatic rings. The van der Waals surface area contributed by atoms with Crippen molar-refractivity contribution in [3.8, 4) is 0 Å². The Kier molecular flexibility index (Phi) is 5.07. The highest BCUT2D eigenvalue weighted by Gasteiger charge is 2.53. The first-order valence-corrected chi connectivity index (χ1v) is 7.01. The van der Waals surface area contributed by atoms with Gasteiger partial charge in [0, 0.05) is 37.9 Å². The highest BCUT2D eigenvalue weighted by Crippen LogP contribution is 2.37. The Labute approximate surface area is 130 Å². The molecule has 2 rings (SSSR count). The van der Waals surface area contributed by atoms with E-state index in [0.29, 0.717) is 6.42 Å². The lowest BCUT2D eigenvalue weighted by Gasteiger charge is -2.18. The van der Waals surface area contributed by atoms with Crippen LogP contribution in [0.5, 0.6) is 0 Å². The Morgan fingerprint density at radius 3 is 2.61 bits per heavy atom. The molecule has 0 aliphatic carbocycles. The van der Waals surface area contributed by atoms with Crippen LogP contribution in [0.15, 0.2) is 24.4 Å². The predicted octanol–water partition coefficient (Wildman–Crippen LogP) is 1.53. The number of hydrogen-bond donors (Lipinski definition) is 2. The number of aliphatic carboxylic acids is 1. The van der Waals surface area contributed by atoms with Crippen LogP contribution in [0.25, 0.3) is 0 Å². The lowest BCUT2D eigenvalue weighted by molar-refractivity contribution is -0.187. The van der Waals surface area contributed by atoms with Gasteiger partial charge in [-0.05, 0) is 12.1 Å². The molecular formula is C14H16F3N3O3. The van der Waals surface area contributed by atoms with E-state index in [0.717, 1.165) is 10.6 Å². The third-order valence-electron chi connectivity index (χ3n) is 3.73. The van der Waals surface area contributed by atoms with Crippen LogP contribution in [0, 0.1) is 11.8 Å². The molecule has 2 N–H and O–H groups in total. The summed E-state index contributed by atoms with van der Waals surface area (Å²) in [5, 5.41) is 11.4. The monoisotopic (exact) mass is 331 g/mol. The average Bonchev–Trinajstić information content (AvgIpc) is 2.94. The number of carbonyl (C=O) groups is 2. The van der Waals surface area contributed by atoms with Crippen molar-refractivity contribution in [3.05, 3.63) is 30.1 Å². The fourth-order valence-electron chi connectivity index (χ4n) is 2.51. The van der Waals surface area contributed by atoms with E-state index >= 15 is 0 Å². The lowest BCUT2D eigenvalue weighted by atomic mass is 9.96. The number of likely N-dealkylation sites (tertiary alicyclic amines) is 1. The van der Waals surface area contributed by atoms with Gasteiger partial charge in [0.25, 0.3) is 0 Å². The summed E-state index contributed by atoms with van der Waals surface area (Å²) in [6, 6.07) is 4.60. The van der Waals surface area contributed by atoms with Gasteiger partial charge in [0.1, 0.15) is 0 Å². The molecule has 9 heteroatoms. The van der Waals surface area contributed by atoms with E-state index < -0.39 is 43.1 Å². The third-order valence-corrected chi connectivity index (χ3v) is 3.73. The number of amides is 2. The number of aromatic nitrogens is 1. The molecule has 2 atom stereocenters. The number of nitrogens with one attached hydrogen (secondary N) is 1. The number of rotatable bonds is 4. The van der Waals surface area contributed by atoms with E-state index in [-0.39, 0.29) is 6.54 Å². The summed E-state index contributed by atoms with van der Waals surface area (Å²) in [5.41, 5.74) is 0.741. The Hall–Kier alpha value is -2.32. The first-order valence-electron chi connectivity index (χ1n) is 7.01. The Morgan fingerprint density at radius 1 is 1.35 bits per heavy atom. The number of nitrogens with zero attached hydrogens (tertiary/aromatic N) is 2. The molecule has 0 aromatic carbocycles. The summed E-state index contributed by atoms with van der Waals surface area (Å²) in [6.45, 7) is -0.883. The van der Waals surface area contributed by atoms with Gasteiger partial charge in [0.15, 0.2) is 0 Å². The maximum atomic E-state index is 12.9. The molecule has 2 heterocycles. The third kappa shape index (κ3) is 4.33. The summed E-state index contributed by atoms with van der Waals surface area (Å²) in [7, 11) is 0. The van der Waals surface area contributed by atoms with Crippen molar-refractivity contribution >= 4 is 12.0 Å². The zero-order valence-corrected chi connectivity index (χ0v) is 12.1. The van der Waals surface area contributed by atoms with Gasteiger partial charge in [-0.25, -0.2) is 4.79 Å². The molecule has 1 aromatic heterocycles. The van der Waals surface area contributed by atoms with Gasteiger partial charge in [0.2, 0.25) is 0 Å². The number of carbonyl (C=O) groups excluding carboxylic acids is 1. The molecule has 126 valence electrons. The van der Waals surface area contributed by atoms with Crippen LogP contribution in [0.4, 0.5) is 18.0 Å². The van der Waals surface area contributed by atoms with E-state index in [2.05, 4.69) is 10.3 Å². The number of carboxylic acids is 1. The molecule has 23 heavy (non-hydrogen) atoms. The largest absolute Gasteiger partial charge is 0.481 e. The summed E-state index contributed by atoms with van der Waals surface area (Å²) < 4.78 is 38.6. The summed E-state index contributed by atoms with van der Waals surface area (Å²) >= 11 is 0. The number of urea groups is 1. The normalized spacial score (nSPS) is 21.3. The first kappa shape index (κ1) is 17.0. The smallest absolute Gasteiger partial charge is 0.394 e. The molecule has 6 nitrogen and oxygen atoms in total. The van der Waals surface area contributed by atoms with Crippen LogP contribution >= 0.6 is 0 Å². The van der Waals surface area contributed by atoms with Gasteiger partial charge in [-0.1, -0.05) is 6.07 Å². The lowest BCUT2D eigenvalue weighted by Crippen LogP contribution is -2.40. The van der Waals surface area contributed by atoms with Crippen LogP contribution in [0.2, 0.25) is 0 Å². The molecule has 1 fully saturated rings. The fraction of sp³-hybridized carbons (Fsp3) is 0.500. The van der Waals surface area contributed by atoms with Crippen LogP contribution in [0.1, 0.15) is 5.69 Å². The van der Waals surface area contributed by atoms with Crippen LogP contribution in [0.3, 0.4) is 0 Å². The number of alkyl halides is 3. The number of hydrogen-bond acceptors (Lipinski definition) is 3. The maximum absolute atomic E-state index is 12.9. The van der Waals surface area contributed by atoms with E-state index in [4.69, 9.17) is 5.11 Å². The highest BCUT2D eigenvalue weighted by molar-refractivity contribution is 5.77. The molecule has 0 spiro atoms. The van der Waals surface area contributed by atoms with Gasteiger partial charge in [-0.2, -0.15) is 13.2 Å². The fourth-order valence-corrected chi connectivity index (χ4v) is 2.51. The minimum absolute atomic E-state index is 0.209. The molecular weight excluding hydrogens is 315 g/mol. The van der Waals surface area contributed by atoms with Crippen molar-refractivity contribution in [1.82, 2.24) is 15.2 Å². The van der Waals surface area contributed by atoms with Crippen LogP contribution in [-0.2, 0) is 11.2 Å². The van der Waals surface area contributed by atoms with E-state index in [1.807, 2.05) is 0 Å². The van der Waals surface area contributed by atoms with E-state index in [1.165, 1.54) is 0 Å². The highest BCUT2D eigenvalue weighted by atomic mass is 19.4. The molecule has 1 saturated heterocycles. The second-order valence-corrected chi connectivity index (χ2v) is 5.30. The Morgan fingerprint density at radius 2 is 2.09 bits per heavy atom. The molecule has 0 radical (unpaired) electrons. The first-order chi connectivity index (χ1) is 10.8. The van der Waals surface area contributed by atoms with Crippen molar-refractivity contribution in [2.45, 2.75) is 12.6 Å². The zero-order chi connectivity index (χ0) is 17.0. The van der Waals surface area contributed by atoms with Gasteiger partial charge in [-0.3, -0.25) is 9.78 Å². The Bertz CT molecular complexity index is 565. The van der Waals surface area contributed by atoms with Crippen molar-refractivity contribution < 1.29 is 27.9 Å². The standard InChI is InChI=1S/C14H16F3N3O3/c15-14(16,17)11-8-20(7-10(11)12(21)22)13(23)19-6-4-9-3-1-2-5-18-9/h1-3,5,10-11H,4,6-8H2,(H,19,23)(H,21,22)/t10-,11-/m1/s1. The minimum atomic E-state index is -4.65. The van der Waals surface area contributed by atoms with E-state index in [9.17, 15) is 22.8 Å². The molecule has 0 unspecified atom stereocenters. The second kappa shape index (κ2) is 6.84. The van der Waals surface area contributed by atoms with Crippen molar-refractivity contribution in [3.63, 3.8) is 0 Å². The average molecular weight is 331 g/mol. The number of pyridine rings is 1. The van der Waals surface area contributed by atoms with Crippen LogP contribution < -0.4 is 5.32 Å². The van der Waals surface area contributed by atoms with Gasteiger partial charge >= 0.3 is 18.2 Å². The van der Waals surface area contributed by atoms with Crippen LogP contribution in [-0.4, -0.2) is 52.8 Å². The van der Waals surface area contributed by atoms with Crippen molar-refractivity contribution in [1.29, 1.82) is 0 Å². The Balaban J connectivity index is 1.89. The molecule has 1 aliphatic rings. The molecule has 0 bridgehead atoms. The maximum Gasteiger partial charge on any atom is 0.394 e. The van der Waals surface area contributed by atoms with Crippen molar-refractivity contribution in [2.24, 2.45) is 11.8 Å². The predicted molar refractivity (Wildman–Crippen MR) is 73.6 cm³/mol. The summed E-state index contributed by atoms with van der Waals surface area (Å²) in [4.78, 5) is 27.8. The second-order valence-electron chi connectivity index (χ2n) is 5.30.